The van der Waals surface area contributed by atoms with Crippen molar-refractivity contribution in [1.82, 2.24) is 4.57 Å². The van der Waals surface area contributed by atoms with Crippen molar-refractivity contribution < 1.29 is 14.1 Å². The van der Waals surface area contributed by atoms with Crippen LogP contribution >= 0.6 is 0 Å². The third-order valence-electron chi connectivity index (χ3n) is 5.48. The summed E-state index contributed by atoms with van der Waals surface area (Å²) in [5.74, 6) is -0.0380. The maximum atomic E-state index is 12.7. The molecule has 0 radical (unpaired) electrons. The average Bonchev–Trinajstić information content (AvgIpc) is 3.12. The number of carbonyl (C=O) groups is 1. The number of carbonyl (C=O) groups excluding carboxylic acids is 1. The molecule has 1 saturated heterocycles. The predicted octanol–water partition coefficient (Wildman–Crippen LogP) is 3.63. The molecule has 2 aromatic carbocycles. The van der Waals surface area contributed by atoms with Gasteiger partial charge in [-0.3, -0.25) is 9.36 Å². The highest BCUT2D eigenvalue weighted by Gasteiger charge is 2.51. The summed E-state index contributed by atoms with van der Waals surface area (Å²) >= 11 is 0. The summed E-state index contributed by atoms with van der Waals surface area (Å²) in [7, 11) is -0.405. The third kappa shape index (κ3) is 2.68. The minimum atomic E-state index is -0.405. The molecular formula is C21H22BNO3. The lowest BCUT2D eigenvalue weighted by atomic mass is 9.78. The number of hydrogen-bond donors (Lipinski definition) is 0. The molecule has 0 saturated carbocycles. The SMILES string of the molecule is CC1(C)OB(c2ccc3c(ccn3C(=O)c3ccccc3)c2)OC1(C)C. The topological polar surface area (TPSA) is 40.5 Å². The normalized spacial score (nSPS) is 18.4. The Labute approximate surface area is 153 Å². The molecule has 1 aromatic heterocycles. The van der Waals surface area contributed by atoms with Crippen LogP contribution in [0.1, 0.15) is 38.1 Å². The summed E-state index contributed by atoms with van der Waals surface area (Å²) < 4.78 is 13.9. The summed E-state index contributed by atoms with van der Waals surface area (Å²) in [6.45, 7) is 8.17. The lowest BCUT2D eigenvalue weighted by molar-refractivity contribution is 0.00578. The smallest absolute Gasteiger partial charge is 0.399 e. The lowest BCUT2D eigenvalue weighted by Gasteiger charge is -2.32. The maximum Gasteiger partial charge on any atom is 0.494 e. The van der Waals surface area contributed by atoms with Crippen molar-refractivity contribution in [1.29, 1.82) is 0 Å². The van der Waals surface area contributed by atoms with Gasteiger partial charge >= 0.3 is 7.12 Å². The van der Waals surface area contributed by atoms with Crippen LogP contribution in [0.4, 0.5) is 0 Å². The Morgan fingerprint density at radius 1 is 0.923 bits per heavy atom. The van der Waals surface area contributed by atoms with Crippen molar-refractivity contribution in [2.45, 2.75) is 38.9 Å². The highest BCUT2D eigenvalue weighted by Crippen LogP contribution is 2.36. The van der Waals surface area contributed by atoms with Gasteiger partial charge in [-0.1, -0.05) is 30.3 Å². The molecule has 0 atom stereocenters. The first kappa shape index (κ1) is 17.1. The Hall–Kier alpha value is -2.37. The van der Waals surface area contributed by atoms with Crippen molar-refractivity contribution >= 4 is 29.4 Å². The van der Waals surface area contributed by atoms with Gasteiger partial charge in [0.15, 0.2) is 0 Å². The lowest BCUT2D eigenvalue weighted by Crippen LogP contribution is -2.41. The van der Waals surface area contributed by atoms with E-state index in [4.69, 9.17) is 9.31 Å². The molecule has 4 nitrogen and oxygen atoms in total. The fourth-order valence-electron chi connectivity index (χ4n) is 3.18. The van der Waals surface area contributed by atoms with E-state index in [1.807, 2.05) is 88.5 Å². The van der Waals surface area contributed by atoms with E-state index in [9.17, 15) is 4.79 Å². The van der Waals surface area contributed by atoms with Crippen LogP contribution in [-0.2, 0) is 9.31 Å². The molecule has 5 heteroatoms. The molecule has 3 aromatic rings. The van der Waals surface area contributed by atoms with Crippen LogP contribution in [0.3, 0.4) is 0 Å². The van der Waals surface area contributed by atoms with Crippen molar-refractivity contribution in [2.24, 2.45) is 0 Å². The minimum absolute atomic E-state index is 0.0380. The zero-order valence-corrected chi connectivity index (χ0v) is 15.5. The molecule has 1 aliphatic heterocycles. The van der Waals surface area contributed by atoms with Crippen molar-refractivity contribution in [2.75, 3.05) is 0 Å². The zero-order chi connectivity index (χ0) is 18.5. The molecule has 0 bridgehead atoms. The van der Waals surface area contributed by atoms with Crippen molar-refractivity contribution in [3.05, 3.63) is 66.4 Å². The van der Waals surface area contributed by atoms with Gasteiger partial charge in [0.25, 0.3) is 5.91 Å². The molecule has 2 heterocycles. The molecule has 0 N–H and O–H groups in total. The standard InChI is InChI=1S/C21H22BNO3/c1-20(2)21(3,4)26-22(25-20)17-10-11-18-16(14-17)12-13-23(18)19(24)15-8-6-5-7-9-15/h5-14H,1-4H3. The molecule has 0 unspecified atom stereocenters. The number of nitrogens with zero attached hydrogens (tertiary/aromatic N) is 1. The van der Waals surface area contributed by atoms with Crippen molar-refractivity contribution in [3.63, 3.8) is 0 Å². The maximum absolute atomic E-state index is 12.7. The molecule has 26 heavy (non-hydrogen) atoms. The van der Waals surface area contributed by atoms with E-state index < -0.39 is 7.12 Å². The second-order valence-corrected chi connectivity index (χ2v) is 7.76. The molecular weight excluding hydrogens is 325 g/mol. The van der Waals surface area contributed by atoms with Crippen LogP contribution < -0.4 is 5.46 Å². The fourth-order valence-corrected chi connectivity index (χ4v) is 3.18. The highest BCUT2D eigenvalue weighted by molar-refractivity contribution is 6.62. The summed E-state index contributed by atoms with van der Waals surface area (Å²) in [5.41, 5.74) is 1.75. The van der Waals surface area contributed by atoms with E-state index in [2.05, 4.69) is 0 Å². The number of rotatable bonds is 2. The quantitative estimate of drug-likeness (QED) is 0.665. The van der Waals surface area contributed by atoms with Gasteiger partial charge in [0.1, 0.15) is 0 Å². The largest absolute Gasteiger partial charge is 0.494 e. The summed E-state index contributed by atoms with van der Waals surface area (Å²) in [6.07, 6.45) is 1.81. The summed E-state index contributed by atoms with van der Waals surface area (Å²) in [4.78, 5) is 12.7. The van der Waals surface area contributed by atoms with E-state index >= 15 is 0 Å². The van der Waals surface area contributed by atoms with Gasteiger partial charge in [-0.05, 0) is 62.8 Å². The van der Waals surface area contributed by atoms with Crippen LogP contribution in [0.25, 0.3) is 10.9 Å². The van der Waals surface area contributed by atoms with E-state index in [1.165, 1.54) is 0 Å². The van der Waals surface area contributed by atoms with Gasteiger partial charge in [0.2, 0.25) is 0 Å². The van der Waals surface area contributed by atoms with Gasteiger partial charge in [0.05, 0.1) is 16.7 Å². The van der Waals surface area contributed by atoms with Crippen molar-refractivity contribution in [3.8, 4) is 0 Å². The van der Waals surface area contributed by atoms with Gasteiger partial charge in [-0.25, -0.2) is 0 Å². The number of benzene rings is 2. The number of hydrogen-bond acceptors (Lipinski definition) is 3. The molecule has 1 aliphatic rings. The average molecular weight is 347 g/mol. The van der Waals surface area contributed by atoms with Crippen LogP contribution in [0.5, 0.6) is 0 Å². The second kappa shape index (κ2) is 5.83. The molecule has 0 spiro atoms. The highest BCUT2D eigenvalue weighted by atomic mass is 16.7. The van der Waals surface area contributed by atoms with Crippen LogP contribution in [0, 0.1) is 0 Å². The first-order chi connectivity index (χ1) is 12.3. The molecule has 1 fully saturated rings. The Morgan fingerprint density at radius 2 is 1.58 bits per heavy atom. The monoisotopic (exact) mass is 347 g/mol. The van der Waals surface area contributed by atoms with Gasteiger partial charge in [-0.2, -0.15) is 0 Å². The third-order valence-corrected chi connectivity index (χ3v) is 5.48. The Kier molecular flexibility index (Phi) is 3.83. The second-order valence-electron chi connectivity index (χ2n) is 7.76. The predicted molar refractivity (Wildman–Crippen MR) is 104 cm³/mol. The summed E-state index contributed by atoms with van der Waals surface area (Å²) in [6, 6.07) is 17.2. The van der Waals surface area contributed by atoms with E-state index in [-0.39, 0.29) is 17.1 Å². The molecule has 4 rings (SSSR count). The van der Waals surface area contributed by atoms with Gasteiger partial charge in [-0.15, -0.1) is 0 Å². The van der Waals surface area contributed by atoms with E-state index in [0.717, 1.165) is 16.4 Å². The zero-order valence-electron chi connectivity index (χ0n) is 15.5. The van der Waals surface area contributed by atoms with E-state index in [0.29, 0.717) is 5.56 Å². The number of fused-ring (bicyclic) bond motifs is 1. The Bertz CT molecular complexity index is 959. The van der Waals surface area contributed by atoms with Crippen LogP contribution in [0.2, 0.25) is 0 Å². The van der Waals surface area contributed by atoms with Gasteiger partial charge in [0, 0.05) is 11.8 Å². The Morgan fingerprint density at radius 3 is 2.23 bits per heavy atom. The van der Waals surface area contributed by atoms with Crippen LogP contribution in [0.15, 0.2) is 60.8 Å². The van der Waals surface area contributed by atoms with Gasteiger partial charge < -0.3 is 9.31 Å². The molecule has 0 amide bonds. The molecule has 0 aliphatic carbocycles. The first-order valence-electron chi connectivity index (χ1n) is 8.85. The first-order valence-corrected chi connectivity index (χ1v) is 8.85. The molecule has 132 valence electrons. The van der Waals surface area contributed by atoms with E-state index in [1.54, 1.807) is 4.57 Å². The van der Waals surface area contributed by atoms with Crippen LogP contribution in [-0.4, -0.2) is 28.8 Å². The summed E-state index contributed by atoms with van der Waals surface area (Å²) in [5, 5.41) is 0.987. The fraction of sp³-hybridized carbons (Fsp3) is 0.286. The number of aromatic nitrogens is 1. The minimum Gasteiger partial charge on any atom is -0.399 e. The Balaban J connectivity index is 1.68.